The van der Waals surface area contributed by atoms with Crippen molar-refractivity contribution >= 4 is 0 Å². The van der Waals surface area contributed by atoms with Gasteiger partial charge in [-0.1, -0.05) is 6.92 Å². The van der Waals surface area contributed by atoms with Gasteiger partial charge in [0.1, 0.15) is 0 Å². The Morgan fingerprint density at radius 2 is 0.929 bits per heavy atom. The van der Waals surface area contributed by atoms with E-state index in [9.17, 15) is 0 Å². The van der Waals surface area contributed by atoms with Crippen molar-refractivity contribution in [1.29, 1.82) is 0 Å². The van der Waals surface area contributed by atoms with Crippen LogP contribution in [0.5, 0.6) is 0 Å². The van der Waals surface area contributed by atoms with Crippen LogP contribution < -0.4 is 0 Å². The molecule has 0 atom stereocenters. The van der Waals surface area contributed by atoms with Crippen LogP contribution in [0.15, 0.2) is 0 Å². The van der Waals surface area contributed by atoms with Gasteiger partial charge < -0.3 is 0 Å². The van der Waals surface area contributed by atoms with Gasteiger partial charge in [-0.3, -0.25) is 0 Å². The van der Waals surface area contributed by atoms with Crippen LogP contribution >= 0.6 is 0 Å². The summed E-state index contributed by atoms with van der Waals surface area (Å²) in [6.45, 7) is 2.28. The average molecular weight is 380 g/mol. The fourth-order valence-corrected chi connectivity index (χ4v) is 2.28. The summed E-state index contributed by atoms with van der Waals surface area (Å²) >= 11 is 2.64. The zero-order valence-electron chi connectivity index (χ0n) is 9.79. The first-order valence-electron chi connectivity index (χ1n) is 6.42. The van der Waals surface area contributed by atoms with Gasteiger partial charge in [0.2, 0.25) is 0 Å². The van der Waals surface area contributed by atoms with Gasteiger partial charge in [0, 0.05) is 0 Å². The van der Waals surface area contributed by atoms with Crippen molar-refractivity contribution in [3.8, 4) is 0 Å². The zero-order chi connectivity index (χ0) is 10.5. The van der Waals surface area contributed by atoms with Crippen molar-refractivity contribution < 1.29 is 21.1 Å². The fraction of sp³-hybridized carbons (Fsp3) is 1.00. The average Bonchev–Trinajstić information content (AvgIpc) is 2.21. The number of hydrogen-bond acceptors (Lipinski definition) is 0. The van der Waals surface area contributed by atoms with Gasteiger partial charge in [0.05, 0.1) is 0 Å². The number of unbranched alkanes of at least 4 members (excludes halogenated alkanes) is 10. The topological polar surface area (TPSA) is 0 Å². The van der Waals surface area contributed by atoms with Crippen molar-refractivity contribution in [2.45, 2.75) is 82.2 Å². The molecule has 1 heteroatoms. The van der Waals surface area contributed by atoms with Crippen molar-refractivity contribution in [3.05, 3.63) is 0 Å². The summed E-state index contributed by atoms with van der Waals surface area (Å²) in [6.07, 6.45) is 16.0. The molecule has 0 aliphatic carbocycles. The van der Waals surface area contributed by atoms with E-state index in [1.54, 1.807) is 0 Å². The molecule has 90 valence electrons. The van der Waals surface area contributed by atoms with Crippen LogP contribution in [0.1, 0.15) is 77.6 Å². The maximum atomic E-state index is 2.64. The van der Waals surface area contributed by atoms with Gasteiger partial charge in [-0.05, 0) is 0 Å². The first-order chi connectivity index (χ1) is 6.91. The van der Waals surface area contributed by atoms with E-state index in [1.165, 1.54) is 75.3 Å². The molecule has 14 heavy (non-hydrogen) atoms. The molecule has 0 fully saturated rings. The Balaban J connectivity index is 2.78. The molecule has 0 N–H and O–H groups in total. The van der Waals surface area contributed by atoms with Crippen molar-refractivity contribution in [3.63, 3.8) is 0 Å². The monoisotopic (exact) mass is 380 g/mol. The van der Waals surface area contributed by atoms with E-state index in [2.05, 4.69) is 28.0 Å². The van der Waals surface area contributed by atoms with Gasteiger partial charge in [-0.2, -0.15) is 0 Å². The van der Waals surface area contributed by atoms with E-state index in [4.69, 9.17) is 0 Å². The standard InChI is InChI=1S/C13H27.Au/c1-3-5-7-9-11-13-12-10-8-6-4-2;/h1,3-13H2,2H3;. The molecular formula is C13H27Au. The summed E-state index contributed by atoms with van der Waals surface area (Å²) in [6, 6.07) is 0. The molecule has 0 aromatic rings. The van der Waals surface area contributed by atoms with E-state index in [0.717, 1.165) is 0 Å². The normalized spacial score (nSPS) is 10.8. The first kappa shape index (κ1) is 14.7. The minimum absolute atomic E-state index is 1.32. The summed E-state index contributed by atoms with van der Waals surface area (Å²) in [4.78, 5) is 0. The summed E-state index contributed by atoms with van der Waals surface area (Å²) in [5, 5.41) is 0. The molecule has 0 spiro atoms. The molecule has 0 amide bonds. The van der Waals surface area contributed by atoms with Crippen LogP contribution in [-0.4, -0.2) is 0 Å². The number of rotatable bonds is 11. The van der Waals surface area contributed by atoms with Crippen LogP contribution in [0.25, 0.3) is 0 Å². The van der Waals surface area contributed by atoms with Crippen molar-refractivity contribution in [2.24, 2.45) is 0 Å². The molecule has 0 aromatic heterocycles. The third-order valence-corrected chi connectivity index (χ3v) is 3.48. The number of hydrogen-bond donors (Lipinski definition) is 0. The van der Waals surface area contributed by atoms with Crippen LogP contribution in [-0.2, 0) is 21.1 Å². The summed E-state index contributed by atoms with van der Waals surface area (Å²) in [7, 11) is 0. The molecule has 0 heterocycles. The van der Waals surface area contributed by atoms with Crippen LogP contribution in [0, 0.1) is 0 Å². The summed E-state index contributed by atoms with van der Waals surface area (Å²) in [5.74, 6) is 0. The Morgan fingerprint density at radius 1 is 0.571 bits per heavy atom. The predicted octanol–water partition coefficient (Wildman–Crippen LogP) is 5.26. The maximum absolute atomic E-state index is 2.64. The minimum atomic E-state index is 1.32. The molecular weight excluding hydrogens is 353 g/mol. The van der Waals surface area contributed by atoms with Gasteiger partial charge >= 0.3 is 96.3 Å². The fourth-order valence-electron chi connectivity index (χ4n) is 1.74. The molecule has 0 aliphatic heterocycles. The molecule has 0 rings (SSSR count). The second-order valence-corrected chi connectivity index (χ2v) is 5.27. The van der Waals surface area contributed by atoms with Crippen LogP contribution in [0.4, 0.5) is 0 Å². The van der Waals surface area contributed by atoms with Crippen LogP contribution in [0.2, 0.25) is 4.64 Å². The first-order valence-corrected chi connectivity index (χ1v) is 7.95. The molecule has 0 nitrogen and oxygen atoms in total. The van der Waals surface area contributed by atoms with Gasteiger partial charge in [0.15, 0.2) is 0 Å². The second kappa shape index (κ2) is 13.7. The Hall–Kier alpha value is 0.740. The van der Waals surface area contributed by atoms with E-state index < -0.39 is 0 Å². The zero-order valence-corrected chi connectivity index (χ0v) is 12.0. The van der Waals surface area contributed by atoms with E-state index in [0.29, 0.717) is 0 Å². The Kier molecular flexibility index (Phi) is 14.5. The van der Waals surface area contributed by atoms with Gasteiger partial charge in [-0.15, -0.1) is 0 Å². The van der Waals surface area contributed by atoms with E-state index in [-0.39, 0.29) is 0 Å². The molecule has 0 saturated carbocycles. The summed E-state index contributed by atoms with van der Waals surface area (Å²) in [5.41, 5.74) is 0. The van der Waals surface area contributed by atoms with E-state index in [1.807, 2.05) is 0 Å². The Bertz CT molecular complexity index is 79.2. The van der Waals surface area contributed by atoms with E-state index >= 15 is 0 Å². The molecule has 0 unspecified atom stereocenters. The summed E-state index contributed by atoms with van der Waals surface area (Å²) < 4.78 is 1.32. The van der Waals surface area contributed by atoms with Crippen molar-refractivity contribution in [1.82, 2.24) is 0 Å². The predicted molar refractivity (Wildman–Crippen MR) is 61.3 cm³/mol. The molecule has 0 radical (unpaired) electrons. The third kappa shape index (κ3) is 12.7. The molecule has 0 saturated heterocycles. The Morgan fingerprint density at radius 3 is 1.29 bits per heavy atom. The Labute approximate surface area is 103 Å². The molecule has 0 aromatic carbocycles. The molecule has 0 aliphatic rings. The SMILES string of the molecule is CCCCCCCCCCCC[CH2][Au]. The quantitative estimate of drug-likeness (QED) is 0.339. The van der Waals surface area contributed by atoms with Gasteiger partial charge in [0.25, 0.3) is 0 Å². The molecule has 0 bridgehead atoms. The van der Waals surface area contributed by atoms with Gasteiger partial charge in [-0.25, -0.2) is 0 Å². The van der Waals surface area contributed by atoms with Crippen LogP contribution in [0.3, 0.4) is 0 Å². The second-order valence-electron chi connectivity index (χ2n) is 4.19. The van der Waals surface area contributed by atoms with Crippen molar-refractivity contribution in [2.75, 3.05) is 0 Å². The third-order valence-electron chi connectivity index (χ3n) is 2.71.